The van der Waals surface area contributed by atoms with Crippen LogP contribution in [0.25, 0.3) is 11.4 Å². The molecule has 0 atom stereocenters. The number of rotatable bonds is 9. The number of benzene rings is 3. The summed E-state index contributed by atoms with van der Waals surface area (Å²) in [6.45, 7) is 3.83. The topological polar surface area (TPSA) is 101 Å². The Labute approximate surface area is 196 Å². The van der Waals surface area contributed by atoms with E-state index < -0.39 is 0 Å². The van der Waals surface area contributed by atoms with E-state index in [1.807, 2.05) is 49.4 Å². The molecular formula is C25H24N4O3S. The lowest BCUT2D eigenvalue weighted by Gasteiger charge is -2.15. The Hall–Kier alpha value is -3.65. The largest absolute Gasteiger partial charge is 0.507 e. The van der Waals surface area contributed by atoms with Crippen molar-refractivity contribution >= 4 is 17.5 Å². The molecule has 1 aromatic heterocycles. The van der Waals surface area contributed by atoms with E-state index in [2.05, 4.69) is 26.7 Å². The van der Waals surface area contributed by atoms with Crippen molar-refractivity contribution in [2.24, 2.45) is 0 Å². The Balaban J connectivity index is 1.49. The fourth-order valence-corrected chi connectivity index (χ4v) is 4.47. The molecule has 33 heavy (non-hydrogen) atoms. The van der Waals surface area contributed by atoms with Gasteiger partial charge in [-0.25, -0.2) is 0 Å². The summed E-state index contributed by atoms with van der Waals surface area (Å²) in [6.07, 6.45) is 1.47. The number of carbonyl (C=O) groups excluding carboxylic acids is 1. The highest BCUT2D eigenvalue weighted by Gasteiger charge is 2.16. The number of nitrogens with zero attached hydrogens (tertiary/aromatic N) is 3. The first-order valence-corrected chi connectivity index (χ1v) is 11.5. The van der Waals surface area contributed by atoms with Gasteiger partial charge in [0.05, 0.1) is 5.56 Å². The Kier molecular flexibility index (Phi) is 7.04. The Bertz CT molecular complexity index is 1260. The number of tetrazole rings is 1. The fraction of sp³-hybridized carbons (Fsp3) is 0.200. The van der Waals surface area contributed by atoms with Crippen LogP contribution in [0.15, 0.2) is 70.5 Å². The van der Waals surface area contributed by atoms with Gasteiger partial charge in [-0.3, -0.25) is 4.79 Å². The van der Waals surface area contributed by atoms with Crippen LogP contribution < -0.4 is 4.74 Å². The van der Waals surface area contributed by atoms with Gasteiger partial charge < -0.3 is 9.84 Å². The average Bonchev–Trinajstić information content (AvgIpc) is 3.35. The number of phenols is 1. The van der Waals surface area contributed by atoms with E-state index >= 15 is 0 Å². The molecule has 0 amide bonds. The summed E-state index contributed by atoms with van der Waals surface area (Å²) in [6, 6.07) is 19.5. The molecule has 0 saturated carbocycles. The molecule has 0 unspecified atom stereocenters. The minimum absolute atomic E-state index is 0.0210. The van der Waals surface area contributed by atoms with Crippen LogP contribution >= 0.6 is 11.8 Å². The molecule has 0 radical (unpaired) electrons. The smallest absolute Gasteiger partial charge is 0.204 e. The van der Waals surface area contributed by atoms with Gasteiger partial charge in [-0.2, -0.15) is 5.21 Å². The van der Waals surface area contributed by atoms with Crippen LogP contribution in [0.3, 0.4) is 0 Å². The lowest BCUT2D eigenvalue weighted by molar-refractivity contribution is 0.101. The molecule has 3 aromatic carbocycles. The predicted octanol–water partition coefficient (Wildman–Crippen LogP) is 5.46. The molecule has 0 bridgehead atoms. The molecule has 0 aliphatic rings. The van der Waals surface area contributed by atoms with Gasteiger partial charge in [0, 0.05) is 20.9 Å². The number of hydrogen-bond donors (Lipinski definition) is 2. The maximum Gasteiger partial charge on any atom is 0.204 e. The summed E-state index contributed by atoms with van der Waals surface area (Å²) < 4.78 is 6.06. The number of H-pyrrole nitrogens is 1. The maximum absolute atomic E-state index is 11.8. The van der Waals surface area contributed by atoms with Crippen molar-refractivity contribution in [2.75, 3.05) is 0 Å². The van der Waals surface area contributed by atoms with Gasteiger partial charge in [0.1, 0.15) is 18.1 Å². The van der Waals surface area contributed by atoms with Crippen molar-refractivity contribution in [1.82, 2.24) is 20.6 Å². The first kappa shape index (κ1) is 22.5. The average molecular weight is 461 g/mol. The van der Waals surface area contributed by atoms with Crippen molar-refractivity contribution in [2.45, 2.75) is 43.1 Å². The number of ether oxygens (including phenoxy) is 1. The number of aromatic hydroxyl groups is 1. The third kappa shape index (κ3) is 5.40. The molecule has 0 fully saturated rings. The maximum atomic E-state index is 11.8. The number of nitrogens with one attached hydrogen (secondary N) is 1. The van der Waals surface area contributed by atoms with Crippen LogP contribution in [0.5, 0.6) is 11.5 Å². The zero-order valence-electron chi connectivity index (χ0n) is 18.4. The molecule has 4 rings (SSSR count). The van der Waals surface area contributed by atoms with Gasteiger partial charge in [0.25, 0.3) is 0 Å². The SMILES string of the molecule is CCCc1c(OCc2cccc(Sc3cccc(-c4nn[nH]n4)c3)c2)ccc(C(C)=O)c1O. The Morgan fingerprint density at radius 2 is 1.88 bits per heavy atom. The molecule has 2 N–H and O–H groups in total. The molecule has 0 aliphatic heterocycles. The second-order valence-electron chi connectivity index (χ2n) is 7.55. The van der Waals surface area contributed by atoms with Crippen LogP contribution in [0, 0.1) is 0 Å². The van der Waals surface area contributed by atoms with Gasteiger partial charge in [0.15, 0.2) is 5.78 Å². The van der Waals surface area contributed by atoms with E-state index in [9.17, 15) is 9.90 Å². The zero-order chi connectivity index (χ0) is 23.2. The number of hydrogen-bond acceptors (Lipinski definition) is 7. The highest BCUT2D eigenvalue weighted by molar-refractivity contribution is 7.99. The van der Waals surface area contributed by atoms with E-state index in [1.165, 1.54) is 6.92 Å². The number of Topliss-reactive ketones (excluding diaryl/α,β-unsaturated/α-hetero) is 1. The molecule has 168 valence electrons. The van der Waals surface area contributed by atoms with E-state index in [0.29, 0.717) is 35.7 Å². The third-order valence-electron chi connectivity index (χ3n) is 5.09. The molecule has 8 heteroatoms. The standard InChI is InChI=1S/C25H24N4O3S/c1-3-6-22-23(12-11-21(16(2)30)24(22)31)32-15-17-7-4-9-19(13-17)33-20-10-5-8-18(14-20)25-26-28-29-27-25/h4-5,7-14,31H,3,6,15H2,1-2H3,(H,26,27,28,29). The third-order valence-corrected chi connectivity index (χ3v) is 6.06. The zero-order valence-corrected chi connectivity index (χ0v) is 19.2. The second-order valence-corrected chi connectivity index (χ2v) is 8.69. The summed E-state index contributed by atoms with van der Waals surface area (Å²) >= 11 is 1.63. The molecule has 4 aromatic rings. The second kappa shape index (κ2) is 10.3. The number of ketones is 1. The number of carbonyl (C=O) groups is 1. The van der Waals surface area contributed by atoms with Crippen LogP contribution in [0.2, 0.25) is 0 Å². The summed E-state index contributed by atoms with van der Waals surface area (Å²) in [5, 5.41) is 24.7. The van der Waals surface area contributed by atoms with Crippen LogP contribution in [0.4, 0.5) is 0 Å². The molecule has 1 heterocycles. The van der Waals surface area contributed by atoms with E-state index in [-0.39, 0.29) is 11.5 Å². The van der Waals surface area contributed by atoms with Crippen LogP contribution in [0.1, 0.15) is 41.8 Å². The van der Waals surface area contributed by atoms with Crippen molar-refractivity contribution in [3.63, 3.8) is 0 Å². The number of phenolic OH excluding ortho intramolecular Hbond substituents is 1. The summed E-state index contributed by atoms with van der Waals surface area (Å²) in [4.78, 5) is 13.9. The molecule has 0 saturated heterocycles. The fourth-order valence-electron chi connectivity index (χ4n) is 3.51. The predicted molar refractivity (Wildman–Crippen MR) is 127 cm³/mol. The Morgan fingerprint density at radius 3 is 2.61 bits per heavy atom. The van der Waals surface area contributed by atoms with Gasteiger partial charge >= 0.3 is 0 Å². The number of aromatic amines is 1. The minimum atomic E-state index is -0.162. The first-order valence-electron chi connectivity index (χ1n) is 10.6. The van der Waals surface area contributed by atoms with Crippen molar-refractivity contribution < 1.29 is 14.6 Å². The molecule has 7 nitrogen and oxygen atoms in total. The lowest BCUT2D eigenvalue weighted by Crippen LogP contribution is -2.02. The lowest BCUT2D eigenvalue weighted by atomic mass is 10.0. The summed E-state index contributed by atoms with van der Waals surface area (Å²) in [5.74, 6) is 1.02. The van der Waals surface area contributed by atoms with Crippen molar-refractivity contribution in [1.29, 1.82) is 0 Å². The van der Waals surface area contributed by atoms with Crippen molar-refractivity contribution in [3.05, 3.63) is 77.4 Å². The number of aromatic nitrogens is 4. The van der Waals surface area contributed by atoms with Gasteiger partial charge in [0.2, 0.25) is 5.82 Å². The van der Waals surface area contributed by atoms with Crippen LogP contribution in [-0.2, 0) is 13.0 Å². The quantitative estimate of drug-likeness (QED) is 0.320. The molecular weight excluding hydrogens is 436 g/mol. The van der Waals surface area contributed by atoms with E-state index in [4.69, 9.17) is 4.74 Å². The molecule has 0 spiro atoms. The van der Waals surface area contributed by atoms with Crippen LogP contribution in [-0.4, -0.2) is 31.5 Å². The summed E-state index contributed by atoms with van der Waals surface area (Å²) in [7, 11) is 0. The van der Waals surface area contributed by atoms with Crippen molar-refractivity contribution in [3.8, 4) is 22.9 Å². The highest BCUT2D eigenvalue weighted by Crippen LogP contribution is 2.34. The monoisotopic (exact) mass is 460 g/mol. The van der Waals surface area contributed by atoms with Gasteiger partial charge in [-0.15, -0.1) is 10.2 Å². The normalized spacial score (nSPS) is 10.8. The molecule has 0 aliphatic carbocycles. The van der Waals surface area contributed by atoms with E-state index in [0.717, 1.165) is 27.3 Å². The van der Waals surface area contributed by atoms with Gasteiger partial charge in [-0.1, -0.05) is 49.4 Å². The Morgan fingerprint density at radius 1 is 1.09 bits per heavy atom. The summed E-state index contributed by atoms with van der Waals surface area (Å²) in [5.41, 5.74) is 2.90. The van der Waals surface area contributed by atoms with E-state index in [1.54, 1.807) is 23.9 Å². The highest BCUT2D eigenvalue weighted by atomic mass is 32.2. The first-order chi connectivity index (χ1) is 16.0. The minimum Gasteiger partial charge on any atom is -0.507 e. The van der Waals surface area contributed by atoms with Gasteiger partial charge in [-0.05, 0) is 60.5 Å².